The number of carboxylic acid groups (broad SMARTS) is 1. The number of nitrogens with one attached hydrogen (secondary N) is 1. The van der Waals surface area contributed by atoms with Crippen molar-refractivity contribution in [2.24, 2.45) is 0 Å². The third-order valence-corrected chi connectivity index (χ3v) is 1.20. The summed E-state index contributed by atoms with van der Waals surface area (Å²) in [6.07, 6.45) is 0.0818. The van der Waals surface area contributed by atoms with Crippen molar-refractivity contribution >= 4 is 6.16 Å². The van der Waals surface area contributed by atoms with E-state index in [2.05, 4.69) is 9.72 Å². The Morgan fingerprint density at radius 2 is 2.42 bits per heavy atom. The molecule has 0 amide bonds. The Labute approximate surface area is 67.6 Å². The predicted molar refractivity (Wildman–Crippen MR) is 39.9 cm³/mol. The maximum atomic E-state index is 10.7. The maximum Gasteiger partial charge on any atom is 0.506 e. The van der Waals surface area contributed by atoms with E-state index in [1.807, 2.05) is 0 Å². The summed E-state index contributed by atoms with van der Waals surface area (Å²) in [7, 11) is 0. The first-order valence-corrected chi connectivity index (χ1v) is 3.22. The van der Waals surface area contributed by atoms with Gasteiger partial charge in [0.2, 0.25) is 5.56 Å². The van der Waals surface area contributed by atoms with Gasteiger partial charge < -0.3 is 14.8 Å². The SMILES string of the molecule is O=C(O)OCc1cc[nH]c(=O)c1. The highest BCUT2D eigenvalue weighted by atomic mass is 16.7. The zero-order chi connectivity index (χ0) is 8.97. The number of hydrogen-bond donors (Lipinski definition) is 2. The molecule has 0 spiro atoms. The van der Waals surface area contributed by atoms with Crippen LogP contribution >= 0.6 is 0 Å². The van der Waals surface area contributed by atoms with Crippen molar-refractivity contribution in [3.63, 3.8) is 0 Å². The van der Waals surface area contributed by atoms with Crippen LogP contribution < -0.4 is 5.56 Å². The Hall–Kier alpha value is -1.78. The van der Waals surface area contributed by atoms with Crippen LogP contribution in [0.5, 0.6) is 0 Å². The van der Waals surface area contributed by atoms with Crippen molar-refractivity contribution in [3.05, 3.63) is 34.2 Å². The monoisotopic (exact) mass is 169 g/mol. The molecule has 1 aromatic heterocycles. The molecule has 0 bridgehead atoms. The fourth-order valence-corrected chi connectivity index (χ4v) is 0.724. The van der Waals surface area contributed by atoms with Crippen molar-refractivity contribution in [2.75, 3.05) is 0 Å². The smallest absolute Gasteiger partial charge is 0.450 e. The molecule has 0 aliphatic rings. The minimum Gasteiger partial charge on any atom is -0.450 e. The summed E-state index contributed by atoms with van der Waals surface area (Å²) < 4.78 is 4.25. The van der Waals surface area contributed by atoms with Crippen LogP contribution in [0, 0.1) is 0 Å². The number of ether oxygens (including phenoxy) is 1. The number of rotatable bonds is 2. The van der Waals surface area contributed by atoms with Gasteiger partial charge in [0.15, 0.2) is 0 Å². The van der Waals surface area contributed by atoms with Gasteiger partial charge in [0.05, 0.1) is 0 Å². The second-order valence-electron chi connectivity index (χ2n) is 2.12. The lowest BCUT2D eigenvalue weighted by Crippen LogP contribution is -2.06. The summed E-state index contributed by atoms with van der Waals surface area (Å²) in [5.41, 5.74) is 0.252. The predicted octanol–water partition coefficient (Wildman–Crippen LogP) is 0.569. The van der Waals surface area contributed by atoms with E-state index in [4.69, 9.17) is 5.11 Å². The van der Waals surface area contributed by atoms with Gasteiger partial charge >= 0.3 is 6.16 Å². The molecule has 1 aromatic rings. The molecule has 0 aliphatic carbocycles. The largest absolute Gasteiger partial charge is 0.506 e. The third-order valence-electron chi connectivity index (χ3n) is 1.20. The number of hydrogen-bond acceptors (Lipinski definition) is 3. The van der Waals surface area contributed by atoms with Crippen molar-refractivity contribution in [3.8, 4) is 0 Å². The van der Waals surface area contributed by atoms with E-state index in [0.717, 1.165) is 0 Å². The van der Waals surface area contributed by atoms with Crippen molar-refractivity contribution < 1.29 is 14.6 Å². The average molecular weight is 169 g/mol. The number of H-pyrrole nitrogens is 1. The normalized spacial score (nSPS) is 9.33. The molecular weight excluding hydrogens is 162 g/mol. The van der Waals surface area contributed by atoms with E-state index in [9.17, 15) is 9.59 Å². The highest BCUT2D eigenvalue weighted by Gasteiger charge is 1.97. The lowest BCUT2D eigenvalue weighted by molar-refractivity contribution is 0.0853. The molecule has 0 atom stereocenters. The van der Waals surface area contributed by atoms with Crippen molar-refractivity contribution in [2.45, 2.75) is 6.61 Å². The van der Waals surface area contributed by atoms with E-state index in [-0.39, 0.29) is 12.2 Å². The van der Waals surface area contributed by atoms with Gasteiger partial charge in [0, 0.05) is 12.3 Å². The van der Waals surface area contributed by atoms with Crippen LogP contribution in [0.4, 0.5) is 4.79 Å². The van der Waals surface area contributed by atoms with Crippen LogP contribution in [0.25, 0.3) is 0 Å². The Morgan fingerprint density at radius 1 is 1.67 bits per heavy atom. The molecule has 0 saturated carbocycles. The summed E-state index contributed by atoms with van der Waals surface area (Å²) in [5, 5.41) is 8.14. The quantitative estimate of drug-likeness (QED) is 0.634. The summed E-state index contributed by atoms with van der Waals surface area (Å²) in [4.78, 5) is 23.0. The molecule has 2 N–H and O–H groups in total. The molecule has 1 heterocycles. The van der Waals surface area contributed by atoms with Gasteiger partial charge in [-0.05, 0) is 11.6 Å². The van der Waals surface area contributed by atoms with Crippen LogP contribution in [-0.4, -0.2) is 16.2 Å². The van der Waals surface area contributed by atoms with Crippen molar-refractivity contribution in [1.82, 2.24) is 4.98 Å². The Balaban J connectivity index is 2.64. The van der Waals surface area contributed by atoms with Crippen LogP contribution in [0.1, 0.15) is 5.56 Å². The third kappa shape index (κ3) is 2.45. The Bertz CT molecular complexity index is 330. The van der Waals surface area contributed by atoms with Gasteiger partial charge in [-0.15, -0.1) is 0 Å². The van der Waals surface area contributed by atoms with Crippen LogP contribution in [0.2, 0.25) is 0 Å². The summed E-state index contributed by atoms with van der Waals surface area (Å²) >= 11 is 0. The van der Waals surface area contributed by atoms with E-state index >= 15 is 0 Å². The molecule has 0 unspecified atom stereocenters. The number of pyridine rings is 1. The molecule has 0 fully saturated rings. The van der Waals surface area contributed by atoms with E-state index in [1.165, 1.54) is 12.3 Å². The second-order valence-corrected chi connectivity index (χ2v) is 2.12. The minimum absolute atomic E-state index is 0.0980. The van der Waals surface area contributed by atoms with E-state index in [0.29, 0.717) is 5.56 Å². The first-order chi connectivity index (χ1) is 5.68. The fraction of sp³-hybridized carbons (Fsp3) is 0.143. The summed E-state index contributed by atoms with van der Waals surface area (Å²) in [6, 6.07) is 2.85. The minimum atomic E-state index is -1.35. The maximum absolute atomic E-state index is 10.7. The van der Waals surface area contributed by atoms with E-state index < -0.39 is 6.16 Å². The van der Waals surface area contributed by atoms with E-state index in [1.54, 1.807) is 6.07 Å². The van der Waals surface area contributed by atoms with Crippen LogP contribution in [-0.2, 0) is 11.3 Å². The average Bonchev–Trinajstić information content (AvgIpc) is 2.01. The number of aromatic nitrogens is 1. The van der Waals surface area contributed by atoms with Gasteiger partial charge in [-0.1, -0.05) is 0 Å². The number of aromatic amines is 1. The van der Waals surface area contributed by atoms with Crippen LogP contribution in [0.15, 0.2) is 23.1 Å². The topological polar surface area (TPSA) is 79.4 Å². The standard InChI is InChI=1S/C7H7NO4/c9-6-3-5(1-2-8-6)4-12-7(10)11/h1-3H,4H2,(H,8,9)(H,10,11). The Kier molecular flexibility index (Phi) is 2.47. The highest BCUT2D eigenvalue weighted by molar-refractivity contribution is 5.56. The lowest BCUT2D eigenvalue weighted by atomic mass is 10.3. The lowest BCUT2D eigenvalue weighted by Gasteiger charge is -1.98. The molecule has 5 heteroatoms. The first kappa shape index (κ1) is 8.32. The number of carbonyl (C=O) groups is 1. The second kappa shape index (κ2) is 3.56. The van der Waals surface area contributed by atoms with Gasteiger partial charge in [-0.25, -0.2) is 4.79 Å². The molecular formula is C7H7NO4. The fourth-order valence-electron chi connectivity index (χ4n) is 0.724. The summed E-state index contributed by atoms with van der Waals surface area (Å²) in [6.45, 7) is -0.0980. The molecule has 5 nitrogen and oxygen atoms in total. The zero-order valence-corrected chi connectivity index (χ0v) is 6.11. The molecule has 1 rings (SSSR count). The molecule has 0 aromatic carbocycles. The molecule has 0 aliphatic heterocycles. The van der Waals surface area contributed by atoms with Gasteiger partial charge in [-0.2, -0.15) is 0 Å². The first-order valence-electron chi connectivity index (χ1n) is 3.22. The molecule has 0 radical (unpaired) electrons. The van der Waals surface area contributed by atoms with Gasteiger partial charge in [-0.3, -0.25) is 4.79 Å². The van der Waals surface area contributed by atoms with Crippen LogP contribution in [0.3, 0.4) is 0 Å². The zero-order valence-electron chi connectivity index (χ0n) is 6.11. The van der Waals surface area contributed by atoms with Crippen molar-refractivity contribution in [1.29, 1.82) is 0 Å². The molecule has 12 heavy (non-hydrogen) atoms. The summed E-state index contributed by atoms with van der Waals surface area (Å²) in [5.74, 6) is 0. The highest BCUT2D eigenvalue weighted by Crippen LogP contribution is 1.95. The van der Waals surface area contributed by atoms with Gasteiger partial charge in [0.1, 0.15) is 6.61 Å². The Morgan fingerprint density at radius 3 is 3.00 bits per heavy atom. The molecule has 0 saturated heterocycles. The molecule has 64 valence electrons. The van der Waals surface area contributed by atoms with Gasteiger partial charge in [0.25, 0.3) is 0 Å².